The molecule has 0 radical (unpaired) electrons. The molecule has 0 spiro atoms. The normalized spacial score (nSPS) is 38.0. The van der Waals surface area contributed by atoms with Crippen LogP contribution in [0.2, 0.25) is 0 Å². The van der Waals surface area contributed by atoms with E-state index in [-0.39, 0.29) is 12.2 Å². The molecule has 4 heterocycles. The van der Waals surface area contributed by atoms with Crippen LogP contribution in [0.4, 0.5) is 0 Å². The van der Waals surface area contributed by atoms with Gasteiger partial charge in [0.2, 0.25) is 0 Å². The van der Waals surface area contributed by atoms with Gasteiger partial charge in [-0.25, -0.2) is 4.79 Å². The van der Waals surface area contributed by atoms with Crippen LogP contribution in [0.5, 0.6) is 0 Å². The number of halogens is 1. The van der Waals surface area contributed by atoms with Crippen molar-refractivity contribution in [2.45, 2.75) is 25.5 Å². The zero-order valence-electron chi connectivity index (χ0n) is 11.2. The van der Waals surface area contributed by atoms with E-state index < -0.39 is 0 Å². The fourth-order valence-electron chi connectivity index (χ4n) is 4.26. The molecule has 4 nitrogen and oxygen atoms in total. The van der Waals surface area contributed by atoms with Crippen LogP contribution in [0.1, 0.15) is 29.6 Å². The Morgan fingerprint density at radius 3 is 2.65 bits per heavy atom. The summed E-state index contributed by atoms with van der Waals surface area (Å²) in [5.74, 6) is 1.94. The second-order valence-electron chi connectivity index (χ2n) is 6.34. The monoisotopic (exact) mass is 336 g/mol. The minimum absolute atomic E-state index is 0.0192. The van der Waals surface area contributed by atoms with Crippen molar-refractivity contribution in [3.8, 4) is 0 Å². The molecule has 1 saturated carbocycles. The summed E-state index contributed by atoms with van der Waals surface area (Å²) in [6.07, 6.45) is 7.04. The number of hydrogen-bond acceptors (Lipinski definition) is 4. The van der Waals surface area contributed by atoms with Crippen LogP contribution in [0, 0.1) is 17.8 Å². The zero-order valence-corrected chi connectivity index (χ0v) is 12.8. The number of esters is 1. The van der Waals surface area contributed by atoms with E-state index >= 15 is 0 Å². The number of carbonyl (C=O) groups is 1. The molecule has 3 atom stereocenters. The third kappa shape index (κ3) is 2.17. The number of ether oxygens (including phenoxy) is 1. The molecule has 0 aromatic carbocycles. The molecule has 5 rings (SSSR count). The van der Waals surface area contributed by atoms with Crippen LogP contribution < -0.4 is 0 Å². The van der Waals surface area contributed by atoms with Crippen molar-refractivity contribution in [3.05, 3.63) is 28.5 Å². The molecule has 4 fully saturated rings. The van der Waals surface area contributed by atoms with E-state index in [1.54, 1.807) is 18.5 Å². The fraction of sp³-hybridized carbons (Fsp3) is 0.600. The molecule has 0 amide bonds. The predicted molar refractivity (Wildman–Crippen MR) is 77.0 cm³/mol. The quantitative estimate of drug-likeness (QED) is 0.779. The third-order valence-electron chi connectivity index (χ3n) is 4.86. The van der Waals surface area contributed by atoms with Gasteiger partial charge in [0.25, 0.3) is 0 Å². The average molecular weight is 337 g/mol. The maximum Gasteiger partial charge on any atom is 0.341 e. The van der Waals surface area contributed by atoms with Gasteiger partial charge in [0.05, 0.1) is 5.56 Å². The molecule has 4 bridgehead atoms. The molecule has 5 heteroatoms. The molecule has 1 aromatic heterocycles. The van der Waals surface area contributed by atoms with Gasteiger partial charge in [0.15, 0.2) is 6.23 Å². The van der Waals surface area contributed by atoms with Crippen LogP contribution in [-0.2, 0) is 4.74 Å². The predicted octanol–water partition coefficient (Wildman–Crippen LogP) is 2.69. The molecule has 3 saturated heterocycles. The van der Waals surface area contributed by atoms with Gasteiger partial charge >= 0.3 is 5.97 Å². The minimum atomic E-state index is -0.253. The summed E-state index contributed by atoms with van der Waals surface area (Å²) in [5, 5.41) is 0. The maximum atomic E-state index is 12.3. The van der Waals surface area contributed by atoms with Crippen molar-refractivity contribution in [1.82, 2.24) is 9.88 Å². The number of rotatable bonds is 2. The van der Waals surface area contributed by atoms with E-state index in [0.717, 1.165) is 29.4 Å². The van der Waals surface area contributed by atoms with E-state index in [1.807, 2.05) is 0 Å². The SMILES string of the molecule is O=C(O[C@@H]1C2C[C@H]3C[C@H](C2)CN1C3)c1cncc(Br)c1. The lowest BCUT2D eigenvalue weighted by Crippen LogP contribution is -2.60. The fourth-order valence-corrected chi connectivity index (χ4v) is 4.63. The molecule has 1 aliphatic carbocycles. The first-order chi connectivity index (χ1) is 9.69. The minimum Gasteiger partial charge on any atom is -0.442 e. The van der Waals surface area contributed by atoms with Gasteiger partial charge in [-0.15, -0.1) is 0 Å². The molecule has 0 N–H and O–H groups in total. The second-order valence-corrected chi connectivity index (χ2v) is 7.26. The molecular weight excluding hydrogens is 320 g/mol. The van der Waals surface area contributed by atoms with E-state index in [4.69, 9.17) is 4.74 Å². The van der Waals surface area contributed by atoms with Crippen LogP contribution in [-0.4, -0.2) is 35.2 Å². The highest BCUT2D eigenvalue weighted by atomic mass is 79.9. The van der Waals surface area contributed by atoms with Gasteiger partial charge < -0.3 is 4.74 Å². The van der Waals surface area contributed by atoms with Crippen molar-refractivity contribution in [1.29, 1.82) is 0 Å². The summed E-state index contributed by atoms with van der Waals surface area (Å²) < 4.78 is 6.60. The topological polar surface area (TPSA) is 42.4 Å². The Labute approximate surface area is 126 Å². The molecule has 4 aliphatic rings. The van der Waals surface area contributed by atoms with E-state index in [9.17, 15) is 4.79 Å². The van der Waals surface area contributed by atoms with Gasteiger partial charge in [-0.2, -0.15) is 0 Å². The van der Waals surface area contributed by atoms with Crippen molar-refractivity contribution in [2.75, 3.05) is 13.1 Å². The van der Waals surface area contributed by atoms with Gasteiger partial charge in [-0.3, -0.25) is 9.88 Å². The van der Waals surface area contributed by atoms with Crippen molar-refractivity contribution >= 4 is 21.9 Å². The highest BCUT2D eigenvalue weighted by molar-refractivity contribution is 9.10. The molecule has 106 valence electrons. The highest BCUT2D eigenvalue weighted by Gasteiger charge is 2.48. The smallest absolute Gasteiger partial charge is 0.341 e. The number of piperidine rings is 3. The van der Waals surface area contributed by atoms with Gasteiger partial charge in [0, 0.05) is 35.9 Å². The Morgan fingerprint density at radius 1 is 1.25 bits per heavy atom. The molecule has 3 aliphatic heterocycles. The van der Waals surface area contributed by atoms with Crippen LogP contribution in [0.15, 0.2) is 22.9 Å². The Morgan fingerprint density at radius 2 is 2.00 bits per heavy atom. The Kier molecular flexibility index (Phi) is 3.07. The van der Waals surface area contributed by atoms with Gasteiger partial charge in [-0.1, -0.05) is 0 Å². The summed E-state index contributed by atoms with van der Waals surface area (Å²) in [7, 11) is 0. The van der Waals surface area contributed by atoms with Crippen molar-refractivity contribution in [2.24, 2.45) is 17.8 Å². The summed E-state index contributed by atoms with van der Waals surface area (Å²) >= 11 is 3.34. The first-order valence-electron chi connectivity index (χ1n) is 7.24. The molecular formula is C15H17BrN2O2. The third-order valence-corrected chi connectivity index (χ3v) is 5.29. The Balaban J connectivity index is 1.50. The first-order valence-corrected chi connectivity index (χ1v) is 8.04. The first kappa shape index (κ1) is 12.8. The van der Waals surface area contributed by atoms with E-state index in [0.29, 0.717) is 11.5 Å². The standard InChI is InChI=1S/C15H17BrN2O2/c16-13-4-12(5-17-6-13)15(19)20-14-11-2-9-1-10(3-11)8-18(14)7-9/h4-6,9-11,14H,1-3,7-8H2/t9-,10-,14-/m1/s1. The molecule has 0 unspecified atom stereocenters. The number of nitrogens with zero attached hydrogens (tertiary/aromatic N) is 2. The van der Waals surface area contributed by atoms with E-state index in [1.165, 1.54) is 19.3 Å². The van der Waals surface area contributed by atoms with Crippen molar-refractivity contribution < 1.29 is 9.53 Å². The number of pyridine rings is 1. The second kappa shape index (κ2) is 4.81. The maximum absolute atomic E-state index is 12.3. The lowest BCUT2D eigenvalue weighted by Gasteiger charge is -2.55. The van der Waals surface area contributed by atoms with Crippen LogP contribution in [0.25, 0.3) is 0 Å². The van der Waals surface area contributed by atoms with Gasteiger partial charge in [-0.05, 0) is 53.1 Å². The summed E-state index contributed by atoms with van der Waals surface area (Å²) in [4.78, 5) is 18.7. The lowest BCUT2D eigenvalue weighted by atomic mass is 9.67. The summed E-state index contributed by atoms with van der Waals surface area (Å²) in [6.45, 7) is 2.20. The summed E-state index contributed by atoms with van der Waals surface area (Å²) in [5.41, 5.74) is 0.523. The average Bonchev–Trinajstić information content (AvgIpc) is 2.42. The van der Waals surface area contributed by atoms with Gasteiger partial charge in [0.1, 0.15) is 0 Å². The van der Waals surface area contributed by atoms with E-state index in [2.05, 4.69) is 25.8 Å². The Bertz CT molecular complexity index is 520. The number of aromatic nitrogens is 1. The molecule has 1 aromatic rings. The van der Waals surface area contributed by atoms with Crippen molar-refractivity contribution in [3.63, 3.8) is 0 Å². The highest BCUT2D eigenvalue weighted by Crippen LogP contribution is 2.46. The lowest BCUT2D eigenvalue weighted by molar-refractivity contribution is -0.159. The van der Waals surface area contributed by atoms with Crippen LogP contribution >= 0.6 is 15.9 Å². The zero-order chi connectivity index (χ0) is 13.7. The Hall–Kier alpha value is -0.940. The molecule has 20 heavy (non-hydrogen) atoms. The van der Waals surface area contributed by atoms with Crippen LogP contribution in [0.3, 0.4) is 0 Å². The number of hydrogen-bond donors (Lipinski definition) is 0. The number of carbonyl (C=O) groups excluding carboxylic acids is 1. The summed E-state index contributed by atoms with van der Waals surface area (Å²) in [6, 6.07) is 1.76. The largest absolute Gasteiger partial charge is 0.442 e.